The van der Waals surface area contributed by atoms with Gasteiger partial charge in [0.15, 0.2) is 4.80 Å². The molecule has 4 rings (SSSR count). The molecule has 164 valence electrons. The molecule has 1 aromatic heterocycles. The van der Waals surface area contributed by atoms with Gasteiger partial charge in [-0.1, -0.05) is 52.2 Å². The number of nitrogens with zero attached hydrogens (tertiary/aromatic N) is 3. The largest absolute Gasteiger partial charge is 0.318 e. The van der Waals surface area contributed by atoms with Gasteiger partial charge in [-0.25, -0.2) is 8.42 Å². The van der Waals surface area contributed by atoms with Gasteiger partial charge >= 0.3 is 0 Å². The van der Waals surface area contributed by atoms with Gasteiger partial charge in [0.1, 0.15) is 0 Å². The second-order valence-corrected chi connectivity index (χ2v) is 11.3. The molecule has 1 aliphatic heterocycles. The molecule has 1 unspecified atom stereocenters. The number of carbonyl (C=O) groups excluding carboxylic acids is 1. The van der Waals surface area contributed by atoms with Gasteiger partial charge in [0.2, 0.25) is 10.0 Å². The molecular formula is C21H21Cl2N3O3S2. The normalized spacial score (nSPS) is 18.6. The van der Waals surface area contributed by atoms with Crippen LogP contribution in [0.5, 0.6) is 0 Å². The molecule has 0 N–H and O–H groups in total. The lowest BCUT2D eigenvalue weighted by atomic mass is 9.99. The monoisotopic (exact) mass is 497 g/mol. The highest BCUT2D eigenvalue weighted by molar-refractivity contribution is 7.89. The Morgan fingerprint density at radius 1 is 1.13 bits per heavy atom. The maximum atomic E-state index is 13.0. The van der Waals surface area contributed by atoms with Gasteiger partial charge in [-0.05, 0) is 44.0 Å². The van der Waals surface area contributed by atoms with Crippen LogP contribution in [0.2, 0.25) is 10.0 Å². The number of halogens is 2. The molecule has 0 spiro atoms. The fraction of sp³-hybridized carbons (Fsp3) is 0.333. The maximum absolute atomic E-state index is 13.0. The topological polar surface area (TPSA) is 71.7 Å². The molecule has 2 aromatic carbocycles. The first kappa shape index (κ1) is 22.5. The van der Waals surface area contributed by atoms with E-state index in [-0.39, 0.29) is 17.3 Å². The third-order valence-corrected chi connectivity index (χ3v) is 9.22. The number of rotatable bonds is 3. The zero-order valence-corrected chi connectivity index (χ0v) is 20.2. The second-order valence-electron chi connectivity index (χ2n) is 7.62. The van der Waals surface area contributed by atoms with E-state index >= 15 is 0 Å². The van der Waals surface area contributed by atoms with E-state index in [0.29, 0.717) is 34.2 Å². The minimum atomic E-state index is -3.66. The Morgan fingerprint density at radius 3 is 2.48 bits per heavy atom. The predicted molar refractivity (Wildman–Crippen MR) is 124 cm³/mol. The number of fused-ring (bicyclic) bond motifs is 1. The summed E-state index contributed by atoms with van der Waals surface area (Å²) in [4.78, 5) is 18.0. The minimum absolute atomic E-state index is 0.120. The standard InChI is InChI=1S/C21H21Cl2N3O3S2/c1-13-5-7-15(8-6-13)31(28,29)26-11-3-4-14(12-26)20(27)24-21-25(2)18-16(22)9-10-17(23)19(18)30-21/h5-10,14H,3-4,11-12H2,1-2H3. The minimum Gasteiger partial charge on any atom is -0.318 e. The molecule has 6 nitrogen and oxygen atoms in total. The Morgan fingerprint density at radius 2 is 1.81 bits per heavy atom. The molecule has 0 aliphatic carbocycles. The molecule has 0 radical (unpaired) electrons. The van der Waals surface area contributed by atoms with Gasteiger partial charge < -0.3 is 4.57 Å². The maximum Gasteiger partial charge on any atom is 0.252 e. The number of hydrogen-bond acceptors (Lipinski definition) is 4. The van der Waals surface area contributed by atoms with E-state index in [1.54, 1.807) is 48.0 Å². The van der Waals surface area contributed by atoms with Crippen LogP contribution in [0, 0.1) is 12.8 Å². The third-order valence-electron chi connectivity index (χ3n) is 5.45. The number of amides is 1. The van der Waals surface area contributed by atoms with Crippen molar-refractivity contribution in [3.63, 3.8) is 0 Å². The zero-order valence-electron chi connectivity index (χ0n) is 17.0. The van der Waals surface area contributed by atoms with Gasteiger partial charge in [0.05, 0.1) is 31.1 Å². The van der Waals surface area contributed by atoms with Gasteiger partial charge in [-0.2, -0.15) is 9.30 Å². The van der Waals surface area contributed by atoms with Crippen LogP contribution in [0.4, 0.5) is 0 Å². The van der Waals surface area contributed by atoms with Gasteiger partial charge in [0.25, 0.3) is 5.91 Å². The summed E-state index contributed by atoms with van der Waals surface area (Å²) in [5.41, 5.74) is 1.71. The lowest BCUT2D eigenvalue weighted by molar-refractivity contribution is -0.122. The number of benzene rings is 2. The number of hydrogen-bond donors (Lipinski definition) is 0. The molecule has 2 heterocycles. The van der Waals surface area contributed by atoms with Crippen LogP contribution in [-0.2, 0) is 21.9 Å². The van der Waals surface area contributed by atoms with E-state index in [1.165, 1.54) is 15.6 Å². The number of sulfonamides is 1. The molecule has 1 fully saturated rings. The summed E-state index contributed by atoms with van der Waals surface area (Å²) in [5, 5.41) is 1.07. The van der Waals surface area contributed by atoms with Gasteiger partial charge in [0, 0.05) is 20.1 Å². The van der Waals surface area contributed by atoms with E-state index in [4.69, 9.17) is 23.2 Å². The quantitative estimate of drug-likeness (QED) is 0.538. The van der Waals surface area contributed by atoms with Crippen LogP contribution in [0.15, 0.2) is 46.3 Å². The Kier molecular flexibility index (Phi) is 6.29. The first-order valence-corrected chi connectivity index (χ1v) is 12.8. The van der Waals surface area contributed by atoms with Crippen LogP contribution in [0.25, 0.3) is 10.2 Å². The number of thiazole rings is 1. The summed E-state index contributed by atoms with van der Waals surface area (Å²) in [6.45, 7) is 2.42. The summed E-state index contributed by atoms with van der Waals surface area (Å²) >= 11 is 13.9. The molecule has 1 atom stereocenters. The Hall–Kier alpha value is -1.71. The lowest BCUT2D eigenvalue weighted by Gasteiger charge is -2.30. The van der Waals surface area contributed by atoms with Crippen molar-refractivity contribution in [1.29, 1.82) is 0 Å². The van der Waals surface area contributed by atoms with Crippen molar-refractivity contribution in [3.05, 3.63) is 56.8 Å². The molecular weight excluding hydrogens is 477 g/mol. The van der Waals surface area contributed by atoms with Crippen molar-refractivity contribution in [2.45, 2.75) is 24.7 Å². The van der Waals surface area contributed by atoms with Crippen molar-refractivity contribution in [2.75, 3.05) is 13.1 Å². The Labute approximate surface area is 194 Å². The van der Waals surface area contributed by atoms with Crippen molar-refractivity contribution in [2.24, 2.45) is 18.0 Å². The molecule has 1 amide bonds. The average Bonchev–Trinajstić information content (AvgIpc) is 3.08. The molecule has 0 saturated carbocycles. The van der Waals surface area contributed by atoms with Crippen molar-refractivity contribution < 1.29 is 13.2 Å². The molecule has 10 heteroatoms. The number of aryl methyl sites for hydroxylation is 2. The van der Waals surface area contributed by atoms with Crippen LogP contribution >= 0.6 is 34.5 Å². The van der Waals surface area contributed by atoms with E-state index < -0.39 is 15.9 Å². The Balaban J connectivity index is 1.62. The summed E-state index contributed by atoms with van der Waals surface area (Å²) < 4.78 is 29.9. The summed E-state index contributed by atoms with van der Waals surface area (Å²) in [5.74, 6) is -0.830. The molecule has 1 aliphatic rings. The summed E-state index contributed by atoms with van der Waals surface area (Å²) in [6.07, 6.45) is 1.20. The van der Waals surface area contributed by atoms with Crippen LogP contribution < -0.4 is 4.80 Å². The molecule has 3 aromatic rings. The third kappa shape index (κ3) is 4.32. The van der Waals surface area contributed by atoms with Crippen LogP contribution in [0.3, 0.4) is 0 Å². The first-order valence-electron chi connectivity index (χ1n) is 9.77. The predicted octanol–water partition coefficient (Wildman–Crippen LogP) is 4.38. The highest BCUT2D eigenvalue weighted by atomic mass is 35.5. The summed E-state index contributed by atoms with van der Waals surface area (Å²) in [7, 11) is -1.88. The van der Waals surface area contributed by atoms with Gasteiger partial charge in [-0.15, -0.1) is 0 Å². The van der Waals surface area contributed by atoms with Gasteiger partial charge in [-0.3, -0.25) is 4.79 Å². The van der Waals surface area contributed by atoms with E-state index in [2.05, 4.69) is 4.99 Å². The number of carbonyl (C=O) groups is 1. The van der Waals surface area contributed by atoms with Crippen LogP contribution in [-0.4, -0.2) is 36.3 Å². The lowest BCUT2D eigenvalue weighted by Crippen LogP contribution is -2.42. The van der Waals surface area contributed by atoms with E-state index in [1.807, 2.05) is 6.92 Å². The van der Waals surface area contributed by atoms with Crippen molar-refractivity contribution in [3.8, 4) is 0 Å². The Bertz CT molecular complexity index is 1330. The van der Waals surface area contributed by atoms with E-state index in [9.17, 15) is 13.2 Å². The van der Waals surface area contributed by atoms with Crippen molar-refractivity contribution in [1.82, 2.24) is 8.87 Å². The van der Waals surface area contributed by atoms with Crippen LogP contribution in [0.1, 0.15) is 18.4 Å². The number of aromatic nitrogens is 1. The fourth-order valence-corrected chi connectivity index (χ4v) is 6.88. The smallest absolute Gasteiger partial charge is 0.252 e. The zero-order chi connectivity index (χ0) is 22.3. The second kappa shape index (κ2) is 8.67. The highest BCUT2D eigenvalue weighted by Gasteiger charge is 2.33. The van der Waals surface area contributed by atoms with E-state index in [0.717, 1.165) is 15.8 Å². The summed E-state index contributed by atoms with van der Waals surface area (Å²) in [6, 6.07) is 10.2. The number of piperidine rings is 1. The van der Waals surface area contributed by atoms with Crippen molar-refractivity contribution >= 4 is 60.7 Å². The first-order chi connectivity index (χ1) is 14.7. The average molecular weight is 498 g/mol. The fourth-order valence-electron chi connectivity index (χ4n) is 3.69. The SMILES string of the molecule is Cc1ccc(S(=O)(=O)N2CCCC(C(=O)N=c3sc4c(Cl)ccc(Cl)c4n3C)C2)cc1. The highest BCUT2D eigenvalue weighted by Crippen LogP contribution is 2.31. The molecule has 31 heavy (non-hydrogen) atoms. The molecule has 0 bridgehead atoms. The molecule has 1 saturated heterocycles.